The van der Waals surface area contributed by atoms with Crippen LogP contribution in [0.3, 0.4) is 0 Å². The number of carbonyl (C=O) groups is 1. The maximum atomic E-state index is 13.5. The van der Waals surface area contributed by atoms with Gasteiger partial charge >= 0.3 is 0 Å². The molecule has 1 aliphatic heterocycles. The van der Waals surface area contributed by atoms with Crippen LogP contribution in [0.2, 0.25) is 5.02 Å². The van der Waals surface area contributed by atoms with E-state index in [2.05, 4.69) is 15.2 Å². The molecule has 2 heterocycles. The number of halogens is 1. The quantitative estimate of drug-likeness (QED) is 0.841. The van der Waals surface area contributed by atoms with E-state index in [1.54, 1.807) is 0 Å². The first-order valence-electron chi connectivity index (χ1n) is 10.1. The molecule has 0 bridgehead atoms. The van der Waals surface area contributed by atoms with Gasteiger partial charge in [0.05, 0.1) is 0 Å². The first-order valence-corrected chi connectivity index (χ1v) is 10.5. The number of hydrogen-bond acceptors (Lipinski definition) is 4. The first kappa shape index (κ1) is 19.1. The lowest BCUT2D eigenvalue weighted by molar-refractivity contribution is -0.136. The van der Waals surface area contributed by atoms with E-state index < -0.39 is 5.54 Å². The van der Waals surface area contributed by atoms with Crippen molar-refractivity contribution in [1.82, 2.24) is 9.88 Å². The van der Waals surface area contributed by atoms with Crippen molar-refractivity contribution in [3.63, 3.8) is 0 Å². The number of piperazine rings is 1. The fourth-order valence-electron chi connectivity index (χ4n) is 4.33. The third-order valence-corrected chi connectivity index (χ3v) is 6.11. The lowest BCUT2D eigenvalue weighted by atomic mass is 9.94. The van der Waals surface area contributed by atoms with Crippen molar-refractivity contribution >= 4 is 29.0 Å². The van der Waals surface area contributed by atoms with Gasteiger partial charge in [-0.3, -0.25) is 4.79 Å². The van der Waals surface area contributed by atoms with Gasteiger partial charge in [-0.25, -0.2) is 4.98 Å². The second-order valence-corrected chi connectivity index (χ2v) is 8.27. The molecule has 0 atom stereocenters. The Bertz CT molecular complexity index is 825. The van der Waals surface area contributed by atoms with Crippen LogP contribution in [-0.4, -0.2) is 47.5 Å². The highest BCUT2D eigenvalue weighted by atomic mass is 35.5. The number of carbonyl (C=O) groups excluding carboxylic acids is 1. The summed E-state index contributed by atoms with van der Waals surface area (Å²) in [5.74, 6) is 1.23. The van der Waals surface area contributed by atoms with Crippen molar-refractivity contribution in [3.8, 4) is 0 Å². The van der Waals surface area contributed by atoms with Crippen molar-refractivity contribution in [2.75, 3.05) is 36.4 Å². The molecule has 1 aliphatic carbocycles. The van der Waals surface area contributed by atoms with E-state index >= 15 is 0 Å². The Morgan fingerprint density at radius 1 is 1.04 bits per heavy atom. The zero-order valence-electron chi connectivity index (χ0n) is 16.3. The standard InChI is InChI=1S/C22H27ClN4O/c1-17-5-4-6-20(24-17)26-13-15-27(16-14-26)21(28)22(11-2-3-12-22)25-19-9-7-18(23)8-10-19/h4-10,25H,2-3,11-16H2,1H3. The molecule has 2 aliphatic rings. The van der Waals surface area contributed by atoms with Crippen LogP contribution >= 0.6 is 11.6 Å². The molecule has 28 heavy (non-hydrogen) atoms. The minimum atomic E-state index is -0.489. The monoisotopic (exact) mass is 398 g/mol. The molecule has 2 fully saturated rings. The maximum absolute atomic E-state index is 13.5. The second-order valence-electron chi connectivity index (χ2n) is 7.84. The Morgan fingerprint density at radius 3 is 2.36 bits per heavy atom. The summed E-state index contributed by atoms with van der Waals surface area (Å²) in [5, 5.41) is 4.26. The van der Waals surface area contributed by atoms with Gasteiger partial charge in [-0.15, -0.1) is 0 Å². The molecule has 0 radical (unpaired) electrons. The molecule has 1 saturated heterocycles. The van der Waals surface area contributed by atoms with Gasteiger partial charge in [0, 0.05) is 42.6 Å². The summed E-state index contributed by atoms with van der Waals surface area (Å²) in [6.07, 6.45) is 3.93. The molecule has 4 rings (SSSR count). The van der Waals surface area contributed by atoms with Crippen LogP contribution in [0.1, 0.15) is 31.4 Å². The third kappa shape index (κ3) is 3.95. The van der Waals surface area contributed by atoms with Gasteiger partial charge in [0.25, 0.3) is 0 Å². The van der Waals surface area contributed by atoms with Crippen molar-refractivity contribution in [3.05, 3.63) is 53.2 Å². The molecule has 1 aromatic carbocycles. The highest BCUT2D eigenvalue weighted by molar-refractivity contribution is 6.30. The molecule has 2 aromatic rings. The Morgan fingerprint density at radius 2 is 1.71 bits per heavy atom. The van der Waals surface area contributed by atoms with Crippen molar-refractivity contribution in [1.29, 1.82) is 0 Å². The number of aromatic nitrogens is 1. The van der Waals surface area contributed by atoms with Crippen LogP contribution in [0.5, 0.6) is 0 Å². The molecule has 6 heteroatoms. The summed E-state index contributed by atoms with van der Waals surface area (Å²) in [4.78, 5) is 22.4. The minimum Gasteiger partial charge on any atom is -0.371 e. The highest BCUT2D eigenvalue weighted by Gasteiger charge is 2.44. The molecule has 5 nitrogen and oxygen atoms in total. The zero-order chi connectivity index (χ0) is 19.6. The van der Waals surface area contributed by atoms with Crippen LogP contribution in [0.4, 0.5) is 11.5 Å². The average molecular weight is 399 g/mol. The number of pyridine rings is 1. The van der Waals surface area contributed by atoms with Gasteiger partial charge in [0.15, 0.2) is 0 Å². The fourth-order valence-corrected chi connectivity index (χ4v) is 4.45. The molecular formula is C22H27ClN4O. The molecule has 0 spiro atoms. The molecule has 1 aromatic heterocycles. The van der Waals surface area contributed by atoms with Crippen molar-refractivity contribution in [2.24, 2.45) is 0 Å². The Hall–Kier alpha value is -2.27. The van der Waals surface area contributed by atoms with E-state index in [0.717, 1.165) is 69.1 Å². The number of rotatable bonds is 4. The number of anilines is 2. The third-order valence-electron chi connectivity index (χ3n) is 5.86. The van der Waals surface area contributed by atoms with Gasteiger partial charge in [-0.1, -0.05) is 30.5 Å². The van der Waals surface area contributed by atoms with Crippen molar-refractivity contribution in [2.45, 2.75) is 38.1 Å². The summed E-state index contributed by atoms with van der Waals surface area (Å²) < 4.78 is 0. The van der Waals surface area contributed by atoms with Crippen LogP contribution in [0.15, 0.2) is 42.5 Å². The maximum Gasteiger partial charge on any atom is 0.248 e. The number of benzene rings is 1. The van der Waals surface area contributed by atoms with E-state index in [-0.39, 0.29) is 5.91 Å². The van der Waals surface area contributed by atoms with E-state index in [9.17, 15) is 4.79 Å². The summed E-state index contributed by atoms with van der Waals surface area (Å²) in [5.41, 5.74) is 1.49. The molecule has 148 valence electrons. The number of nitrogens with zero attached hydrogens (tertiary/aromatic N) is 3. The van der Waals surface area contributed by atoms with Gasteiger partial charge in [-0.05, 0) is 56.2 Å². The van der Waals surface area contributed by atoms with Crippen LogP contribution in [-0.2, 0) is 4.79 Å². The molecule has 0 unspecified atom stereocenters. The van der Waals surface area contributed by atoms with E-state index in [1.165, 1.54) is 0 Å². The zero-order valence-corrected chi connectivity index (χ0v) is 17.1. The summed E-state index contributed by atoms with van der Waals surface area (Å²) in [7, 11) is 0. The Labute approximate surface area is 171 Å². The van der Waals surface area contributed by atoms with Gasteiger partial charge in [0.2, 0.25) is 5.91 Å². The van der Waals surface area contributed by atoms with E-state index in [0.29, 0.717) is 5.02 Å². The second kappa shape index (κ2) is 8.00. The summed E-state index contributed by atoms with van der Waals surface area (Å²) in [6.45, 7) is 5.12. The molecular weight excluding hydrogens is 372 g/mol. The smallest absolute Gasteiger partial charge is 0.248 e. The number of nitrogens with one attached hydrogen (secondary N) is 1. The largest absolute Gasteiger partial charge is 0.371 e. The fraction of sp³-hybridized carbons (Fsp3) is 0.455. The normalized spacial score (nSPS) is 18.9. The van der Waals surface area contributed by atoms with E-state index in [4.69, 9.17) is 11.6 Å². The predicted molar refractivity (Wildman–Crippen MR) is 114 cm³/mol. The Kier molecular flexibility index (Phi) is 5.44. The van der Waals surface area contributed by atoms with Crippen molar-refractivity contribution < 1.29 is 4.79 Å². The topological polar surface area (TPSA) is 48.5 Å². The van der Waals surface area contributed by atoms with Gasteiger partial charge in [-0.2, -0.15) is 0 Å². The number of hydrogen-bond donors (Lipinski definition) is 1. The Balaban J connectivity index is 1.44. The SMILES string of the molecule is Cc1cccc(N2CCN(C(=O)C3(Nc4ccc(Cl)cc4)CCCC3)CC2)n1. The van der Waals surface area contributed by atoms with Crippen LogP contribution in [0, 0.1) is 6.92 Å². The molecule has 1 saturated carbocycles. The van der Waals surface area contributed by atoms with Crippen LogP contribution in [0.25, 0.3) is 0 Å². The van der Waals surface area contributed by atoms with E-state index in [1.807, 2.05) is 54.3 Å². The number of amides is 1. The van der Waals surface area contributed by atoms with Crippen LogP contribution < -0.4 is 10.2 Å². The summed E-state index contributed by atoms with van der Waals surface area (Å²) in [6, 6.07) is 13.7. The first-order chi connectivity index (χ1) is 13.6. The lowest BCUT2D eigenvalue weighted by Crippen LogP contribution is -2.57. The predicted octanol–water partition coefficient (Wildman–Crippen LogP) is 4.12. The van der Waals surface area contributed by atoms with Gasteiger partial charge in [0.1, 0.15) is 11.4 Å². The minimum absolute atomic E-state index is 0.233. The number of aryl methyl sites for hydroxylation is 1. The molecule has 1 N–H and O–H groups in total. The highest BCUT2D eigenvalue weighted by Crippen LogP contribution is 2.35. The average Bonchev–Trinajstić information content (AvgIpc) is 3.19. The summed E-state index contributed by atoms with van der Waals surface area (Å²) >= 11 is 6.01. The van der Waals surface area contributed by atoms with Gasteiger partial charge < -0.3 is 15.1 Å². The molecule has 1 amide bonds. The lowest BCUT2D eigenvalue weighted by Gasteiger charge is -2.41.